The zero-order valence-corrected chi connectivity index (χ0v) is 12.7. The van der Waals surface area contributed by atoms with E-state index in [-0.39, 0.29) is 6.79 Å². The molecule has 1 aromatic heterocycles. The van der Waals surface area contributed by atoms with Crippen molar-refractivity contribution in [1.82, 2.24) is 9.13 Å². The molecule has 120 valence electrons. The van der Waals surface area contributed by atoms with Crippen molar-refractivity contribution in [2.45, 2.75) is 6.54 Å². The maximum absolute atomic E-state index is 12.4. The van der Waals surface area contributed by atoms with E-state index in [1.165, 1.54) is 9.13 Å². The Bertz CT molecular complexity index is 1010. The fraction of sp³-hybridized carbons (Fsp3) is 0.111. The van der Waals surface area contributed by atoms with Gasteiger partial charge in [0.2, 0.25) is 6.79 Å². The third-order valence-electron chi connectivity index (χ3n) is 3.88. The number of fused-ring (bicyclic) bond motifs is 1. The average molecular weight is 322 g/mol. The maximum Gasteiger partial charge on any atom is 0.320 e. The number of ether oxygens (including phenoxy) is 2. The molecule has 0 fully saturated rings. The van der Waals surface area contributed by atoms with Gasteiger partial charge in [0.1, 0.15) is 0 Å². The van der Waals surface area contributed by atoms with Gasteiger partial charge in [-0.25, -0.2) is 0 Å². The third-order valence-corrected chi connectivity index (χ3v) is 3.88. The highest BCUT2D eigenvalue weighted by Crippen LogP contribution is 2.32. The van der Waals surface area contributed by atoms with E-state index in [4.69, 9.17) is 9.47 Å². The van der Waals surface area contributed by atoms with E-state index in [0.29, 0.717) is 23.7 Å². The van der Waals surface area contributed by atoms with E-state index in [0.717, 1.165) is 5.56 Å². The Balaban J connectivity index is 1.69. The van der Waals surface area contributed by atoms with Crippen LogP contribution in [-0.4, -0.2) is 15.9 Å². The van der Waals surface area contributed by atoms with Crippen LogP contribution in [0.25, 0.3) is 5.69 Å². The molecule has 2 heterocycles. The van der Waals surface area contributed by atoms with Gasteiger partial charge in [0.05, 0.1) is 6.54 Å². The van der Waals surface area contributed by atoms with Gasteiger partial charge in [0.15, 0.2) is 11.5 Å². The summed E-state index contributed by atoms with van der Waals surface area (Å²) in [6, 6.07) is 14.5. The van der Waals surface area contributed by atoms with E-state index < -0.39 is 11.1 Å². The first-order valence-corrected chi connectivity index (χ1v) is 7.48. The van der Waals surface area contributed by atoms with Crippen molar-refractivity contribution < 1.29 is 9.47 Å². The summed E-state index contributed by atoms with van der Waals surface area (Å²) in [4.78, 5) is 24.7. The number of nitrogens with zero attached hydrogens (tertiary/aromatic N) is 2. The molecule has 3 aromatic rings. The maximum atomic E-state index is 12.4. The predicted octanol–water partition coefficient (Wildman–Crippen LogP) is 1.78. The Labute approximate surface area is 137 Å². The fourth-order valence-corrected chi connectivity index (χ4v) is 2.66. The first-order chi connectivity index (χ1) is 11.7. The van der Waals surface area contributed by atoms with Gasteiger partial charge in [-0.2, -0.15) is 0 Å². The van der Waals surface area contributed by atoms with Crippen molar-refractivity contribution in [3.8, 4) is 17.2 Å². The van der Waals surface area contributed by atoms with E-state index in [1.54, 1.807) is 30.6 Å². The van der Waals surface area contributed by atoms with Crippen LogP contribution in [0.5, 0.6) is 11.5 Å². The number of hydrogen-bond donors (Lipinski definition) is 0. The lowest BCUT2D eigenvalue weighted by atomic mass is 10.2. The Kier molecular flexibility index (Phi) is 3.42. The van der Waals surface area contributed by atoms with Crippen LogP contribution in [0.2, 0.25) is 0 Å². The van der Waals surface area contributed by atoms with Crippen molar-refractivity contribution in [2.75, 3.05) is 6.79 Å². The topological polar surface area (TPSA) is 62.5 Å². The minimum Gasteiger partial charge on any atom is -0.454 e. The summed E-state index contributed by atoms with van der Waals surface area (Å²) >= 11 is 0. The molecule has 4 rings (SSSR count). The van der Waals surface area contributed by atoms with Crippen molar-refractivity contribution in [2.24, 2.45) is 0 Å². The van der Waals surface area contributed by atoms with E-state index in [2.05, 4.69) is 0 Å². The number of benzene rings is 2. The summed E-state index contributed by atoms with van der Waals surface area (Å²) in [5, 5.41) is 0. The van der Waals surface area contributed by atoms with Gasteiger partial charge in [-0.3, -0.25) is 14.2 Å². The monoisotopic (exact) mass is 322 g/mol. The van der Waals surface area contributed by atoms with Gasteiger partial charge < -0.3 is 14.0 Å². The molecule has 0 saturated heterocycles. The predicted molar refractivity (Wildman–Crippen MR) is 88.0 cm³/mol. The zero-order chi connectivity index (χ0) is 16.5. The van der Waals surface area contributed by atoms with Crippen molar-refractivity contribution in [3.63, 3.8) is 0 Å². The largest absolute Gasteiger partial charge is 0.454 e. The van der Waals surface area contributed by atoms with E-state index >= 15 is 0 Å². The second kappa shape index (κ2) is 5.73. The summed E-state index contributed by atoms with van der Waals surface area (Å²) in [5.41, 5.74) is 0.372. The lowest BCUT2D eigenvalue weighted by Gasteiger charge is -2.09. The van der Waals surface area contributed by atoms with Gasteiger partial charge in [-0.05, 0) is 29.8 Å². The molecule has 0 radical (unpaired) electrons. The Hall–Kier alpha value is -3.28. The molecule has 2 aromatic carbocycles. The number of rotatable bonds is 3. The van der Waals surface area contributed by atoms with Crippen LogP contribution in [0.1, 0.15) is 5.56 Å². The van der Waals surface area contributed by atoms with Gasteiger partial charge >= 0.3 is 11.1 Å². The van der Waals surface area contributed by atoms with Gasteiger partial charge in [0.25, 0.3) is 0 Å². The zero-order valence-electron chi connectivity index (χ0n) is 12.7. The Morgan fingerprint density at radius 1 is 0.875 bits per heavy atom. The molecule has 0 atom stereocenters. The van der Waals surface area contributed by atoms with Crippen molar-refractivity contribution >= 4 is 0 Å². The first kappa shape index (κ1) is 14.3. The molecule has 0 amide bonds. The molecule has 1 aliphatic heterocycles. The van der Waals surface area contributed by atoms with Crippen LogP contribution in [0.4, 0.5) is 0 Å². The second-order valence-electron chi connectivity index (χ2n) is 5.43. The van der Waals surface area contributed by atoms with Crippen molar-refractivity contribution in [3.05, 3.63) is 87.2 Å². The molecule has 0 N–H and O–H groups in total. The molecule has 1 aliphatic rings. The van der Waals surface area contributed by atoms with Crippen LogP contribution >= 0.6 is 0 Å². The van der Waals surface area contributed by atoms with Crippen LogP contribution < -0.4 is 20.6 Å². The highest BCUT2D eigenvalue weighted by molar-refractivity contribution is 5.44. The van der Waals surface area contributed by atoms with Crippen LogP contribution in [0.15, 0.2) is 70.5 Å². The summed E-state index contributed by atoms with van der Waals surface area (Å²) in [6.45, 7) is 0.492. The molecule has 0 bridgehead atoms. The molecule has 6 heteroatoms. The molecular formula is C18H14N2O4. The second-order valence-corrected chi connectivity index (χ2v) is 5.43. The molecule has 24 heavy (non-hydrogen) atoms. The molecule has 0 aliphatic carbocycles. The lowest BCUT2D eigenvalue weighted by Crippen LogP contribution is -2.40. The minimum atomic E-state index is -0.579. The Morgan fingerprint density at radius 2 is 1.67 bits per heavy atom. The van der Waals surface area contributed by atoms with Gasteiger partial charge in [-0.15, -0.1) is 0 Å². The van der Waals surface area contributed by atoms with Crippen LogP contribution in [-0.2, 0) is 6.54 Å². The molecule has 0 saturated carbocycles. The van der Waals surface area contributed by atoms with Gasteiger partial charge in [-0.1, -0.05) is 24.3 Å². The standard InChI is InChI=1S/C18H14N2O4/c21-17-18(22)20(14-4-2-1-3-5-14)9-8-19(17)11-13-6-7-15-16(10-13)24-12-23-15/h1-10H,11-12H2. The quantitative estimate of drug-likeness (QED) is 0.690. The SMILES string of the molecule is O=c1c(=O)n(-c2ccccc2)ccn1Cc1ccc2c(c1)OCO2. The number of para-hydroxylation sites is 1. The molecule has 6 nitrogen and oxygen atoms in total. The summed E-state index contributed by atoms with van der Waals surface area (Å²) < 4.78 is 13.3. The minimum absolute atomic E-state index is 0.200. The first-order valence-electron chi connectivity index (χ1n) is 7.48. The summed E-state index contributed by atoms with van der Waals surface area (Å²) in [5.74, 6) is 1.34. The highest BCUT2D eigenvalue weighted by atomic mass is 16.7. The Morgan fingerprint density at radius 3 is 2.50 bits per heavy atom. The van der Waals surface area contributed by atoms with Crippen LogP contribution in [0.3, 0.4) is 0 Å². The van der Waals surface area contributed by atoms with E-state index in [1.807, 2.05) is 30.3 Å². The summed E-state index contributed by atoms with van der Waals surface area (Å²) in [6.07, 6.45) is 3.22. The fourth-order valence-electron chi connectivity index (χ4n) is 2.66. The smallest absolute Gasteiger partial charge is 0.320 e. The van der Waals surface area contributed by atoms with Gasteiger partial charge in [0, 0.05) is 18.1 Å². The van der Waals surface area contributed by atoms with Crippen LogP contribution in [0, 0.1) is 0 Å². The molecule has 0 spiro atoms. The normalized spacial score (nSPS) is 12.3. The lowest BCUT2D eigenvalue weighted by molar-refractivity contribution is 0.174. The molecule has 0 unspecified atom stereocenters. The van der Waals surface area contributed by atoms with E-state index in [9.17, 15) is 9.59 Å². The van der Waals surface area contributed by atoms with Crippen molar-refractivity contribution in [1.29, 1.82) is 0 Å². The highest BCUT2D eigenvalue weighted by Gasteiger charge is 2.14. The molecular weight excluding hydrogens is 308 g/mol. The third kappa shape index (κ3) is 2.48. The number of hydrogen-bond acceptors (Lipinski definition) is 4. The average Bonchev–Trinajstić information content (AvgIpc) is 3.08. The summed E-state index contributed by atoms with van der Waals surface area (Å²) in [7, 11) is 0. The number of aromatic nitrogens is 2.